The summed E-state index contributed by atoms with van der Waals surface area (Å²) in [7, 11) is 0. The Hall–Kier alpha value is -1.31. The van der Waals surface area contributed by atoms with Crippen LogP contribution in [0.5, 0.6) is 0 Å². The van der Waals surface area contributed by atoms with Crippen molar-refractivity contribution < 1.29 is 14.3 Å². The van der Waals surface area contributed by atoms with E-state index in [4.69, 9.17) is 4.74 Å². The number of rotatable bonds is 3. The van der Waals surface area contributed by atoms with Crippen LogP contribution in [0.4, 0.5) is 10.5 Å². The van der Waals surface area contributed by atoms with Gasteiger partial charge in [0, 0.05) is 16.7 Å². The largest absolute Gasteiger partial charge is 0.466 e. The first kappa shape index (κ1) is 16.1. The van der Waals surface area contributed by atoms with Crippen LogP contribution in [0.1, 0.15) is 19.8 Å². The van der Waals surface area contributed by atoms with Gasteiger partial charge >= 0.3 is 12.0 Å². The van der Waals surface area contributed by atoms with Crippen molar-refractivity contribution in [3.05, 3.63) is 27.8 Å². The first-order chi connectivity index (χ1) is 10.1. The molecule has 114 valence electrons. The molecule has 1 heterocycles. The first-order valence-corrected chi connectivity index (χ1v) is 8.16. The zero-order chi connectivity index (χ0) is 15.2. The lowest BCUT2D eigenvalue weighted by Crippen LogP contribution is -2.42. The number of hydrogen-bond donors (Lipinski definition) is 1. The van der Waals surface area contributed by atoms with Gasteiger partial charge in [-0.3, -0.25) is 4.79 Å². The summed E-state index contributed by atoms with van der Waals surface area (Å²) < 4.78 is 6.03. The Labute approximate surface area is 138 Å². The van der Waals surface area contributed by atoms with Crippen molar-refractivity contribution in [2.75, 3.05) is 25.0 Å². The highest BCUT2D eigenvalue weighted by molar-refractivity contribution is 14.1. The number of urea groups is 1. The number of nitrogens with one attached hydrogen (secondary N) is 1. The van der Waals surface area contributed by atoms with Gasteiger partial charge in [0.25, 0.3) is 0 Å². The molecule has 0 spiro atoms. The van der Waals surface area contributed by atoms with Crippen LogP contribution in [-0.4, -0.2) is 36.6 Å². The molecule has 1 aromatic rings. The molecular formula is C15H19IN2O3. The topological polar surface area (TPSA) is 58.6 Å². The molecule has 0 unspecified atom stereocenters. The van der Waals surface area contributed by atoms with Crippen molar-refractivity contribution >= 4 is 40.3 Å². The molecule has 0 radical (unpaired) electrons. The average molecular weight is 402 g/mol. The second-order valence-corrected chi connectivity index (χ2v) is 6.09. The predicted octanol–water partition coefficient (Wildman–Crippen LogP) is 3.10. The summed E-state index contributed by atoms with van der Waals surface area (Å²) in [5.41, 5.74) is 0.815. The van der Waals surface area contributed by atoms with Gasteiger partial charge in [0.2, 0.25) is 0 Å². The second-order valence-electron chi connectivity index (χ2n) is 4.92. The van der Waals surface area contributed by atoms with Crippen molar-refractivity contribution in [1.82, 2.24) is 4.90 Å². The van der Waals surface area contributed by atoms with Crippen LogP contribution < -0.4 is 5.32 Å². The van der Waals surface area contributed by atoms with Crippen molar-refractivity contribution in [3.63, 3.8) is 0 Å². The van der Waals surface area contributed by atoms with E-state index in [-0.39, 0.29) is 17.9 Å². The average Bonchev–Trinajstić information content (AvgIpc) is 2.50. The number of nitrogens with zero attached hydrogens (tertiary/aromatic N) is 1. The van der Waals surface area contributed by atoms with Gasteiger partial charge in [-0.15, -0.1) is 0 Å². The van der Waals surface area contributed by atoms with Gasteiger partial charge in [0.1, 0.15) is 0 Å². The predicted molar refractivity (Wildman–Crippen MR) is 89.1 cm³/mol. The van der Waals surface area contributed by atoms with Crippen molar-refractivity contribution in [2.24, 2.45) is 5.92 Å². The van der Waals surface area contributed by atoms with Crippen LogP contribution in [-0.2, 0) is 9.53 Å². The summed E-state index contributed by atoms with van der Waals surface area (Å²) in [5, 5.41) is 2.91. The minimum Gasteiger partial charge on any atom is -0.466 e. The zero-order valence-electron chi connectivity index (χ0n) is 12.0. The van der Waals surface area contributed by atoms with Crippen LogP contribution in [0, 0.1) is 9.49 Å². The van der Waals surface area contributed by atoms with Crippen LogP contribution >= 0.6 is 22.6 Å². The Morgan fingerprint density at radius 1 is 1.33 bits per heavy atom. The normalized spacial score (nSPS) is 15.6. The molecule has 0 aliphatic carbocycles. The zero-order valence-corrected chi connectivity index (χ0v) is 14.1. The van der Waals surface area contributed by atoms with Gasteiger partial charge in [-0.05, 0) is 54.5 Å². The molecular weight excluding hydrogens is 383 g/mol. The Balaban J connectivity index is 1.86. The number of hydrogen-bond acceptors (Lipinski definition) is 3. The van der Waals surface area contributed by atoms with Gasteiger partial charge in [0.05, 0.1) is 18.2 Å². The highest BCUT2D eigenvalue weighted by Crippen LogP contribution is 2.21. The summed E-state index contributed by atoms with van der Waals surface area (Å²) in [6.45, 7) is 3.38. The number of carbonyl (C=O) groups is 2. The van der Waals surface area contributed by atoms with E-state index in [2.05, 4.69) is 27.9 Å². The standard InChI is InChI=1S/C15H19IN2O3/c1-2-21-14(19)11-7-9-18(10-8-11)15(20)17-13-6-4-3-5-12(13)16/h3-6,11H,2,7-10H2,1H3,(H,17,20). The van der Waals surface area contributed by atoms with Crippen molar-refractivity contribution in [2.45, 2.75) is 19.8 Å². The third-order valence-corrected chi connectivity index (χ3v) is 4.46. The molecule has 21 heavy (non-hydrogen) atoms. The molecule has 1 aliphatic rings. The summed E-state index contributed by atoms with van der Waals surface area (Å²) in [6, 6.07) is 7.54. The Kier molecular flexibility index (Phi) is 5.84. The van der Waals surface area contributed by atoms with Crippen LogP contribution in [0.2, 0.25) is 0 Å². The van der Waals surface area contributed by atoms with Crippen LogP contribution in [0.25, 0.3) is 0 Å². The smallest absolute Gasteiger partial charge is 0.321 e. The fourth-order valence-corrected chi connectivity index (χ4v) is 2.86. The number of benzene rings is 1. The minimum atomic E-state index is -0.143. The molecule has 1 saturated heterocycles. The van der Waals surface area contributed by atoms with E-state index >= 15 is 0 Å². The molecule has 0 atom stereocenters. The number of likely N-dealkylation sites (tertiary alicyclic amines) is 1. The number of piperidine rings is 1. The Morgan fingerprint density at radius 3 is 2.62 bits per heavy atom. The maximum atomic E-state index is 12.2. The summed E-state index contributed by atoms with van der Waals surface area (Å²) in [4.78, 5) is 25.6. The Bertz CT molecular complexity index is 513. The first-order valence-electron chi connectivity index (χ1n) is 7.09. The van der Waals surface area contributed by atoms with Crippen LogP contribution in [0.15, 0.2) is 24.3 Å². The lowest BCUT2D eigenvalue weighted by Gasteiger charge is -2.31. The second kappa shape index (κ2) is 7.63. The van der Waals surface area contributed by atoms with Crippen molar-refractivity contribution in [1.29, 1.82) is 0 Å². The lowest BCUT2D eigenvalue weighted by molar-refractivity contribution is -0.149. The van der Waals surface area contributed by atoms with Gasteiger partial charge in [-0.1, -0.05) is 12.1 Å². The van der Waals surface area contributed by atoms with Gasteiger partial charge in [0.15, 0.2) is 0 Å². The highest BCUT2D eigenvalue weighted by atomic mass is 127. The fourth-order valence-electron chi connectivity index (χ4n) is 2.34. The van der Waals surface area contributed by atoms with Gasteiger partial charge in [-0.2, -0.15) is 0 Å². The van der Waals surface area contributed by atoms with Gasteiger partial charge < -0.3 is 15.0 Å². The lowest BCUT2D eigenvalue weighted by atomic mass is 9.97. The van der Waals surface area contributed by atoms with Gasteiger partial charge in [-0.25, -0.2) is 4.79 Å². The highest BCUT2D eigenvalue weighted by Gasteiger charge is 2.28. The van der Waals surface area contributed by atoms with E-state index < -0.39 is 0 Å². The Morgan fingerprint density at radius 2 is 2.00 bits per heavy atom. The molecule has 2 amide bonds. The summed E-state index contributed by atoms with van der Waals surface area (Å²) in [6.07, 6.45) is 1.33. The summed E-state index contributed by atoms with van der Waals surface area (Å²) in [5.74, 6) is -0.221. The van der Waals surface area contributed by atoms with E-state index in [0.29, 0.717) is 32.5 Å². The molecule has 5 nitrogen and oxygen atoms in total. The maximum Gasteiger partial charge on any atom is 0.321 e. The molecule has 1 N–H and O–H groups in total. The number of ether oxygens (including phenoxy) is 1. The van der Waals surface area contributed by atoms with Crippen molar-refractivity contribution in [3.8, 4) is 0 Å². The molecule has 1 fully saturated rings. The maximum absolute atomic E-state index is 12.2. The fraction of sp³-hybridized carbons (Fsp3) is 0.467. The minimum absolute atomic E-state index is 0.0779. The van der Waals surface area contributed by atoms with E-state index in [1.807, 2.05) is 31.2 Å². The monoisotopic (exact) mass is 402 g/mol. The summed E-state index contributed by atoms with van der Waals surface area (Å²) >= 11 is 2.19. The number of carbonyl (C=O) groups excluding carboxylic acids is 2. The number of esters is 1. The molecule has 0 aromatic heterocycles. The SMILES string of the molecule is CCOC(=O)C1CCN(C(=O)Nc2ccccc2I)CC1. The van der Waals surface area contributed by atoms with E-state index in [0.717, 1.165) is 9.26 Å². The molecule has 1 aliphatic heterocycles. The third-order valence-electron chi connectivity index (χ3n) is 3.52. The molecule has 0 saturated carbocycles. The number of anilines is 1. The number of halogens is 1. The van der Waals surface area contributed by atoms with E-state index in [9.17, 15) is 9.59 Å². The molecule has 0 bridgehead atoms. The van der Waals surface area contributed by atoms with Crippen LogP contribution in [0.3, 0.4) is 0 Å². The molecule has 6 heteroatoms. The van der Waals surface area contributed by atoms with E-state index in [1.54, 1.807) is 4.90 Å². The third kappa shape index (κ3) is 4.33. The quantitative estimate of drug-likeness (QED) is 0.625. The molecule has 2 rings (SSSR count). The molecule has 1 aromatic carbocycles. The van der Waals surface area contributed by atoms with E-state index in [1.165, 1.54) is 0 Å². The number of amides is 2. The number of para-hydroxylation sites is 1.